The van der Waals surface area contributed by atoms with Crippen molar-refractivity contribution in [2.45, 2.75) is 18.8 Å². The standard InChI is InChI=1S/C24H21F6N3O2S/c25-23(26,27)16-5-3-4-15(14-16)8-9-31-21(34)19-20(24(28,29)30)32-22(36-19)17-6-1-2-7-18(17)33-10-12-35-13-11-33/h1-7,14H,8-13H2,(H,31,34). The summed E-state index contributed by atoms with van der Waals surface area (Å²) in [5.74, 6) is -0.984. The third-order valence-corrected chi connectivity index (χ3v) is 6.63. The van der Waals surface area contributed by atoms with Crippen molar-refractivity contribution in [3.63, 3.8) is 0 Å². The number of benzene rings is 2. The molecule has 1 fully saturated rings. The van der Waals surface area contributed by atoms with E-state index in [0.29, 0.717) is 54.5 Å². The summed E-state index contributed by atoms with van der Waals surface area (Å²) in [5, 5.41) is 2.43. The van der Waals surface area contributed by atoms with Gasteiger partial charge in [0.15, 0.2) is 5.69 Å². The molecule has 12 heteroatoms. The van der Waals surface area contributed by atoms with Gasteiger partial charge < -0.3 is 15.0 Å². The monoisotopic (exact) mass is 529 g/mol. The number of aromatic nitrogens is 1. The molecule has 4 rings (SSSR count). The molecule has 0 saturated carbocycles. The summed E-state index contributed by atoms with van der Waals surface area (Å²) in [7, 11) is 0. The van der Waals surface area contributed by atoms with Crippen molar-refractivity contribution in [3.8, 4) is 10.6 Å². The Morgan fingerprint density at radius 2 is 1.72 bits per heavy atom. The maximum atomic E-state index is 13.8. The Balaban J connectivity index is 1.55. The van der Waals surface area contributed by atoms with Gasteiger partial charge in [-0.15, -0.1) is 11.3 Å². The Labute approximate surface area is 206 Å². The van der Waals surface area contributed by atoms with Crippen molar-refractivity contribution in [1.82, 2.24) is 10.3 Å². The number of anilines is 1. The molecule has 0 unspecified atom stereocenters. The minimum atomic E-state index is -4.86. The number of thiazole rings is 1. The topological polar surface area (TPSA) is 54.5 Å². The number of carbonyl (C=O) groups excluding carboxylic acids is 1. The number of hydrogen-bond acceptors (Lipinski definition) is 5. The normalized spacial score (nSPS) is 14.7. The number of nitrogens with one attached hydrogen (secondary N) is 1. The van der Waals surface area contributed by atoms with Gasteiger partial charge in [-0.2, -0.15) is 26.3 Å². The predicted octanol–water partition coefficient (Wildman–Crippen LogP) is 5.66. The Hall–Kier alpha value is -3.12. The molecule has 1 aliphatic rings. The molecular weight excluding hydrogens is 508 g/mol. The average Bonchev–Trinajstić information content (AvgIpc) is 3.31. The van der Waals surface area contributed by atoms with Crippen molar-refractivity contribution in [3.05, 3.63) is 70.2 Å². The molecule has 2 aromatic carbocycles. The number of ether oxygens (including phenoxy) is 1. The van der Waals surface area contributed by atoms with Gasteiger partial charge in [-0.3, -0.25) is 4.79 Å². The summed E-state index contributed by atoms with van der Waals surface area (Å²) in [4.78, 5) is 17.9. The number of alkyl halides is 6. The fraction of sp³-hybridized carbons (Fsp3) is 0.333. The highest BCUT2D eigenvalue weighted by atomic mass is 32.1. The van der Waals surface area contributed by atoms with Gasteiger partial charge in [0.05, 0.1) is 18.8 Å². The van der Waals surface area contributed by atoms with Gasteiger partial charge >= 0.3 is 12.4 Å². The Morgan fingerprint density at radius 1 is 1.00 bits per heavy atom. The molecule has 0 bridgehead atoms. The highest BCUT2D eigenvalue weighted by Gasteiger charge is 2.40. The molecule has 0 spiro atoms. The second kappa shape index (κ2) is 10.5. The lowest BCUT2D eigenvalue weighted by Gasteiger charge is -2.30. The van der Waals surface area contributed by atoms with Gasteiger partial charge in [0, 0.05) is 30.9 Å². The van der Waals surface area contributed by atoms with Crippen molar-refractivity contribution in [1.29, 1.82) is 0 Å². The molecule has 5 nitrogen and oxygen atoms in total. The minimum absolute atomic E-state index is 0.0164. The summed E-state index contributed by atoms with van der Waals surface area (Å²) >= 11 is 0.628. The average molecular weight is 530 g/mol. The number of amides is 1. The molecule has 0 atom stereocenters. The van der Waals surface area contributed by atoms with Crippen LogP contribution < -0.4 is 10.2 Å². The Morgan fingerprint density at radius 3 is 2.42 bits per heavy atom. The molecule has 3 aromatic rings. The van der Waals surface area contributed by atoms with E-state index >= 15 is 0 Å². The van der Waals surface area contributed by atoms with Gasteiger partial charge in [0.2, 0.25) is 0 Å². The van der Waals surface area contributed by atoms with Gasteiger partial charge in [-0.25, -0.2) is 4.98 Å². The lowest BCUT2D eigenvalue weighted by Crippen LogP contribution is -2.36. The van der Waals surface area contributed by atoms with Gasteiger partial charge in [-0.05, 0) is 30.2 Å². The summed E-state index contributed by atoms with van der Waals surface area (Å²) in [6, 6.07) is 11.4. The zero-order chi connectivity index (χ0) is 25.9. The number of nitrogens with zero attached hydrogens (tertiary/aromatic N) is 2. The smallest absolute Gasteiger partial charge is 0.378 e. The highest BCUT2D eigenvalue weighted by molar-refractivity contribution is 7.17. The maximum absolute atomic E-state index is 13.8. The van der Waals surface area contributed by atoms with Gasteiger partial charge in [0.1, 0.15) is 9.88 Å². The van der Waals surface area contributed by atoms with Crippen LogP contribution in [0.15, 0.2) is 48.5 Å². The molecule has 1 saturated heterocycles. The molecular formula is C24H21F6N3O2S. The summed E-state index contributed by atoms with van der Waals surface area (Å²) in [5.41, 5.74) is -0.670. The quantitative estimate of drug-likeness (QED) is 0.419. The first-order valence-electron chi connectivity index (χ1n) is 11.0. The van der Waals surface area contributed by atoms with E-state index in [1.165, 1.54) is 12.1 Å². The van der Waals surface area contributed by atoms with E-state index in [1.54, 1.807) is 24.3 Å². The Kier molecular flexibility index (Phi) is 7.55. The van der Waals surface area contributed by atoms with Crippen molar-refractivity contribution < 1.29 is 35.9 Å². The van der Waals surface area contributed by atoms with Crippen molar-refractivity contribution in [2.75, 3.05) is 37.7 Å². The van der Waals surface area contributed by atoms with E-state index in [-0.39, 0.29) is 18.0 Å². The molecule has 1 N–H and O–H groups in total. The summed E-state index contributed by atoms with van der Waals surface area (Å²) in [6.07, 6.45) is -9.36. The van der Waals surface area contributed by atoms with Crippen LogP contribution in [0.5, 0.6) is 0 Å². The first kappa shape index (κ1) is 26.0. The van der Waals surface area contributed by atoms with Gasteiger partial charge in [0.25, 0.3) is 5.91 Å². The molecule has 1 aromatic heterocycles. The minimum Gasteiger partial charge on any atom is -0.378 e. The second-order valence-corrected chi connectivity index (χ2v) is 9.01. The molecule has 192 valence electrons. The van der Waals surface area contributed by atoms with Crippen molar-refractivity contribution >= 4 is 22.9 Å². The molecule has 1 amide bonds. The van der Waals surface area contributed by atoms with E-state index < -0.39 is 34.4 Å². The van der Waals surface area contributed by atoms with Crippen molar-refractivity contribution in [2.24, 2.45) is 0 Å². The number of hydrogen-bond donors (Lipinski definition) is 1. The van der Waals surface area contributed by atoms with Crippen LogP contribution in [0.1, 0.15) is 26.5 Å². The van der Waals surface area contributed by atoms with E-state index in [4.69, 9.17) is 4.74 Å². The number of para-hydroxylation sites is 1. The lowest BCUT2D eigenvalue weighted by molar-refractivity contribution is -0.141. The largest absolute Gasteiger partial charge is 0.435 e. The van der Waals surface area contributed by atoms with Crippen LogP contribution in [0.3, 0.4) is 0 Å². The highest BCUT2D eigenvalue weighted by Crippen LogP contribution is 2.40. The number of rotatable bonds is 6. The maximum Gasteiger partial charge on any atom is 0.435 e. The predicted molar refractivity (Wildman–Crippen MR) is 123 cm³/mol. The molecule has 0 radical (unpaired) electrons. The molecule has 2 heterocycles. The summed E-state index contributed by atoms with van der Waals surface area (Å²) < 4.78 is 85.3. The fourth-order valence-corrected chi connectivity index (χ4v) is 4.86. The van der Waals surface area contributed by atoms with E-state index in [9.17, 15) is 31.1 Å². The molecule has 36 heavy (non-hydrogen) atoms. The van der Waals surface area contributed by atoms with Crippen LogP contribution in [-0.2, 0) is 23.5 Å². The second-order valence-electron chi connectivity index (χ2n) is 8.02. The Bertz CT molecular complexity index is 1220. The van der Waals surface area contributed by atoms with Crippen LogP contribution in [-0.4, -0.2) is 43.7 Å². The first-order chi connectivity index (χ1) is 17.0. The molecule has 1 aliphatic heterocycles. The molecule has 0 aliphatic carbocycles. The number of carbonyl (C=O) groups is 1. The number of morpholine rings is 1. The van der Waals surface area contributed by atoms with Gasteiger partial charge in [-0.1, -0.05) is 30.3 Å². The summed E-state index contributed by atoms with van der Waals surface area (Å²) in [6.45, 7) is 1.96. The van der Waals surface area contributed by atoms with E-state index in [0.717, 1.165) is 12.1 Å². The first-order valence-corrected chi connectivity index (χ1v) is 11.8. The van der Waals surface area contributed by atoms with Crippen LogP contribution in [0.4, 0.5) is 32.0 Å². The van der Waals surface area contributed by atoms with E-state index in [1.807, 2.05) is 4.90 Å². The third kappa shape index (κ3) is 5.98. The SMILES string of the molecule is O=C(NCCc1cccc(C(F)(F)F)c1)c1sc(-c2ccccc2N2CCOCC2)nc1C(F)(F)F. The third-order valence-electron chi connectivity index (χ3n) is 5.54. The van der Waals surface area contributed by atoms with E-state index in [2.05, 4.69) is 10.3 Å². The van der Waals surface area contributed by atoms with Crippen LogP contribution in [0.2, 0.25) is 0 Å². The van der Waals surface area contributed by atoms with Crippen LogP contribution >= 0.6 is 11.3 Å². The van der Waals surface area contributed by atoms with Crippen LogP contribution in [0.25, 0.3) is 10.6 Å². The number of halogens is 6. The zero-order valence-electron chi connectivity index (χ0n) is 18.7. The lowest BCUT2D eigenvalue weighted by atomic mass is 10.1. The zero-order valence-corrected chi connectivity index (χ0v) is 19.6. The van der Waals surface area contributed by atoms with Crippen LogP contribution in [0, 0.1) is 0 Å². The fourth-order valence-electron chi connectivity index (χ4n) is 3.82.